The second-order valence-corrected chi connectivity index (χ2v) is 8.38. The molecule has 2 fully saturated rings. The number of thioether (sulfide) groups is 1. The molecule has 29 heavy (non-hydrogen) atoms. The molecule has 0 radical (unpaired) electrons. The fourth-order valence-electron chi connectivity index (χ4n) is 3.04. The predicted molar refractivity (Wildman–Crippen MR) is 112 cm³/mol. The van der Waals surface area contributed by atoms with Gasteiger partial charge in [-0.05, 0) is 36.0 Å². The van der Waals surface area contributed by atoms with Gasteiger partial charge in [0.05, 0.1) is 18.1 Å². The number of imide groups is 1. The van der Waals surface area contributed by atoms with Crippen molar-refractivity contribution in [2.75, 3.05) is 32.8 Å². The summed E-state index contributed by atoms with van der Waals surface area (Å²) in [5.41, 5.74) is 0.892. The van der Waals surface area contributed by atoms with E-state index in [9.17, 15) is 14.4 Å². The average molecular weight is 477 g/mol. The van der Waals surface area contributed by atoms with Crippen LogP contribution in [0.5, 0.6) is 0 Å². The number of nitrogens with zero attached hydrogens (tertiary/aromatic N) is 2. The van der Waals surface area contributed by atoms with E-state index in [2.05, 4.69) is 15.9 Å². The lowest BCUT2D eigenvalue weighted by Crippen LogP contribution is -2.46. The third-order valence-corrected chi connectivity index (χ3v) is 5.94. The number of ether oxygens (including phenoxy) is 1. The molecular weight excluding hydrogens is 460 g/mol. The minimum absolute atomic E-state index is 0.236. The third-order valence-electron chi connectivity index (χ3n) is 4.54. The highest BCUT2D eigenvalue weighted by Crippen LogP contribution is 2.33. The van der Waals surface area contributed by atoms with Crippen LogP contribution in [-0.4, -0.2) is 59.7 Å². The Balaban J connectivity index is 1.47. The summed E-state index contributed by atoms with van der Waals surface area (Å²) in [5, 5.41) is -0.457. The molecule has 2 saturated heterocycles. The van der Waals surface area contributed by atoms with Gasteiger partial charge in [0.1, 0.15) is 18.1 Å². The van der Waals surface area contributed by atoms with Gasteiger partial charge in [-0.1, -0.05) is 28.1 Å². The third kappa shape index (κ3) is 4.47. The Morgan fingerprint density at radius 2 is 1.97 bits per heavy atom. The summed E-state index contributed by atoms with van der Waals surface area (Å²) in [7, 11) is 0. The molecule has 0 atom stereocenters. The molecule has 2 aromatic rings. The molecule has 3 amide bonds. The van der Waals surface area contributed by atoms with Crippen LogP contribution in [0.15, 0.2) is 50.2 Å². The molecule has 0 spiro atoms. The summed E-state index contributed by atoms with van der Waals surface area (Å²) in [4.78, 5) is 40.1. The van der Waals surface area contributed by atoms with Gasteiger partial charge in [-0.3, -0.25) is 19.3 Å². The zero-order valence-electron chi connectivity index (χ0n) is 15.3. The fraction of sp³-hybridized carbons (Fsp3) is 0.250. The van der Waals surface area contributed by atoms with Crippen LogP contribution < -0.4 is 0 Å². The number of furan rings is 1. The maximum atomic E-state index is 12.6. The number of rotatable bonds is 4. The van der Waals surface area contributed by atoms with Crippen LogP contribution in [0.25, 0.3) is 17.4 Å². The second-order valence-electron chi connectivity index (χ2n) is 6.47. The molecule has 9 heteroatoms. The molecular formula is C20H17BrN2O5S. The van der Waals surface area contributed by atoms with Crippen LogP contribution in [0.2, 0.25) is 0 Å². The number of morpholine rings is 1. The van der Waals surface area contributed by atoms with Crippen LogP contribution in [0, 0.1) is 0 Å². The lowest BCUT2D eigenvalue weighted by atomic mass is 10.2. The van der Waals surface area contributed by atoms with Crippen molar-refractivity contribution >= 4 is 50.8 Å². The average Bonchev–Trinajstić information content (AvgIpc) is 3.29. The van der Waals surface area contributed by atoms with Crippen LogP contribution >= 0.6 is 27.7 Å². The fourth-order valence-corrected chi connectivity index (χ4v) is 4.26. The molecule has 3 heterocycles. The molecule has 1 aromatic heterocycles. The lowest BCUT2D eigenvalue weighted by Gasteiger charge is -2.27. The van der Waals surface area contributed by atoms with Crippen LogP contribution in [-0.2, 0) is 14.3 Å². The normalized spacial score (nSPS) is 18.7. The number of carbonyl (C=O) groups is 3. The Morgan fingerprint density at radius 3 is 2.72 bits per heavy atom. The van der Waals surface area contributed by atoms with Crippen molar-refractivity contribution in [3.8, 4) is 11.3 Å². The summed E-state index contributed by atoms with van der Waals surface area (Å²) in [6.45, 7) is 1.60. The number of benzene rings is 1. The Morgan fingerprint density at radius 1 is 1.17 bits per heavy atom. The van der Waals surface area contributed by atoms with E-state index in [0.29, 0.717) is 37.8 Å². The van der Waals surface area contributed by atoms with E-state index in [1.165, 1.54) is 6.08 Å². The minimum Gasteiger partial charge on any atom is -0.457 e. The van der Waals surface area contributed by atoms with Crippen molar-refractivity contribution in [3.63, 3.8) is 0 Å². The van der Waals surface area contributed by atoms with Crippen LogP contribution in [0.3, 0.4) is 0 Å². The van der Waals surface area contributed by atoms with Crippen LogP contribution in [0.1, 0.15) is 5.76 Å². The van der Waals surface area contributed by atoms with E-state index in [4.69, 9.17) is 9.15 Å². The first-order valence-corrected chi connectivity index (χ1v) is 10.6. The van der Waals surface area contributed by atoms with E-state index < -0.39 is 11.1 Å². The number of amides is 3. The summed E-state index contributed by atoms with van der Waals surface area (Å²) < 4.78 is 11.9. The molecule has 0 bridgehead atoms. The molecule has 0 N–H and O–H groups in total. The summed E-state index contributed by atoms with van der Waals surface area (Å²) in [6, 6.07) is 11.2. The maximum absolute atomic E-state index is 12.6. The molecule has 1 aromatic carbocycles. The Kier molecular flexibility index (Phi) is 5.89. The highest BCUT2D eigenvalue weighted by molar-refractivity contribution is 9.10. The second kappa shape index (κ2) is 8.56. The number of hydrogen-bond donors (Lipinski definition) is 0. The molecule has 150 valence electrons. The molecule has 0 saturated carbocycles. The van der Waals surface area contributed by atoms with Gasteiger partial charge in [0.25, 0.3) is 11.1 Å². The van der Waals surface area contributed by atoms with Gasteiger partial charge >= 0.3 is 0 Å². The molecule has 2 aliphatic rings. The molecule has 2 aliphatic heterocycles. The van der Waals surface area contributed by atoms with Crippen molar-refractivity contribution in [2.24, 2.45) is 0 Å². The zero-order valence-corrected chi connectivity index (χ0v) is 17.7. The smallest absolute Gasteiger partial charge is 0.294 e. The maximum Gasteiger partial charge on any atom is 0.294 e. The molecule has 0 unspecified atom stereocenters. The van der Waals surface area contributed by atoms with Gasteiger partial charge in [0.15, 0.2) is 0 Å². The lowest BCUT2D eigenvalue weighted by molar-refractivity contribution is -0.139. The standard InChI is InChI=1S/C20H17BrN2O5S/c21-14-3-1-2-13(10-14)16-5-4-15(28-16)11-17-19(25)23(20(26)29-17)12-18(24)22-6-8-27-9-7-22/h1-5,10-11H,6-9,12H2/b17-11+. The first kappa shape index (κ1) is 19.9. The van der Waals surface area contributed by atoms with Gasteiger partial charge < -0.3 is 14.1 Å². The highest BCUT2D eigenvalue weighted by atomic mass is 79.9. The zero-order chi connectivity index (χ0) is 20.4. The molecule has 7 nitrogen and oxygen atoms in total. The van der Waals surface area contributed by atoms with Crippen molar-refractivity contribution in [1.82, 2.24) is 9.80 Å². The highest BCUT2D eigenvalue weighted by Gasteiger charge is 2.37. The largest absolute Gasteiger partial charge is 0.457 e. The quantitative estimate of drug-likeness (QED) is 0.627. The Hall–Kier alpha value is -2.36. The Labute approximate surface area is 179 Å². The summed E-state index contributed by atoms with van der Waals surface area (Å²) in [6.07, 6.45) is 1.53. The van der Waals surface area contributed by atoms with Gasteiger partial charge in [0.2, 0.25) is 5.91 Å². The SMILES string of the molecule is O=C(CN1C(=O)S/C(=C/c2ccc(-c3cccc(Br)c3)o2)C1=O)N1CCOCC1. The van der Waals surface area contributed by atoms with E-state index in [-0.39, 0.29) is 17.4 Å². The first-order valence-electron chi connectivity index (χ1n) is 8.98. The van der Waals surface area contributed by atoms with Gasteiger partial charge in [-0.2, -0.15) is 0 Å². The van der Waals surface area contributed by atoms with Crippen molar-refractivity contribution in [2.45, 2.75) is 0 Å². The van der Waals surface area contributed by atoms with Gasteiger partial charge in [-0.15, -0.1) is 0 Å². The monoisotopic (exact) mass is 476 g/mol. The van der Waals surface area contributed by atoms with Gasteiger partial charge in [-0.25, -0.2) is 0 Å². The first-order chi connectivity index (χ1) is 14.0. The predicted octanol–water partition coefficient (Wildman–Crippen LogP) is 3.60. The number of hydrogen-bond acceptors (Lipinski definition) is 6. The number of halogens is 1. The van der Waals surface area contributed by atoms with E-state index in [0.717, 1.165) is 26.7 Å². The van der Waals surface area contributed by atoms with Crippen molar-refractivity contribution in [3.05, 3.63) is 51.5 Å². The van der Waals surface area contributed by atoms with Gasteiger partial charge in [0, 0.05) is 29.2 Å². The number of carbonyl (C=O) groups excluding carboxylic acids is 3. The van der Waals surface area contributed by atoms with Crippen molar-refractivity contribution in [1.29, 1.82) is 0 Å². The molecule has 0 aliphatic carbocycles. The van der Waals surface area contributed by atoms with E-state index in [1.54, 1.807) is 17.0 Å². The summed E-state index contributed by atoms with van der Waals surface area (Å²) in [5.74, 6) is 0.373. The van der Waals surface area contributed by atoms with Crippen molar-refractivity contribution < 1.29 is 23.5 Å². The minimum atomic E-state index is -0.484. The van der Waals surface area contributed by atoms with E-state index >= 15 is 0 Å². The Bertz CT molecular complexity index is 996. The topological polar surface area (TPSA) is 80.1 Å². The van der Waals surface area contributed by atoms with E-state index in [1.807, 2.05) is 24.3 Å². The summed E-state index contributed by atoms with van der Waals surface area (Å²) >= 11 is 4.23. The molecule has 4 rings (SSSR count). The van der Waals surface area contributed by atoms with Crippen LogP contribution in [0.4, 0.5) is 4.79 Å².